The van der Waals surface area contributed by atoms with E-state index in [1.807, 2.05) is 6.07 Å². The normalized spacial score (nSPS) is 26.1. The van der Waals surface area contributed by atoms with Gasteiger partial charge in [0, 0.05) is 13.1 Å². The van der Waals surface area contributed by atoms with Crippen LogP contribution in [0.4, 0.5) is 5.69 Å². The molecule has 2 aliphatic heterocycles. The zero-order valence-electron chi connectivity index (χ0n) is 10.8. The second kappa shape index (κ2) is 5.14. The maximum atomic E-state index is 11.4. The molecule has 102 valence electrons. The number of rotatable bonds is 2. The van der Waals surface area contributed by atoms with Crippen molar-refractivity contribution in [3.05, 3.63) is 24.0 Å². The van der Waals surface area contributed by atoms with E-state index in [2.05, 4.69) is 19.9 Å². The van der Waals surface area contributed by atoms with Crippen LogP contribution in [0.5, 0.6) is 0 Å². The highest BCUT2D eigenvalue weighted by molar-refractivity contribution is 5.87. The summed E-state index contributed by atoms with van der Waals surface area (Å²) in [6, 6.07) is 4.35. The Bertz CT molecular complexity index is 463. The van der Waals surface area contributed by atoms with Crippen LogP contribution in [0.15, 0.2) is 18.3 Å². The van der Waals surface area contributed by atoms with Crippen molar-refractivity contribution in [2.45, 2.75) is 12.1 Å². The Morgan fingerprint density at radius 1 is 1.53 bits per heavy atom. The molecule has 3 heterocycles. The molecular formula is C13H17N3O3. The standard InChI is InChI=1S/C13H17N3O3/c1-18-13(17)10-3-2-9(6-15-10)16-5-4-14-11-7-19-8-12(11)16/h2-3,6,11-12,14H,4-5,7-8H2,1H3/t11-,12+/m1/s1. The van der Waals surface area contributed by atoms with Crippen LogP contribution in [0, 0.1) is 0 Å². The van der Waals surface area contributed by atoms with Crippen LogP contribution in [0.1, 0.15) is 10.5 Å². The first kappa shape index (κ1) is 12.4. The first-order valence-corrected chi connectivity index (χ1v) is 6.42. The number of hydrogen-bond donors (Lipinski definition) is 1. The highest BCUT2D eigenvalue weighted by atomic mass is 16.5. The van der Waals surface area contributed by atoms with E-state index >= 15 is 0 Å². The van der Waals surface area contributed by atoms with Crippen molar-refractivity contribution in [2.24, 2.45) is 0 Å². The van der Waals surface area contributed by atoms with Crippen molar-refractivity contribution in [2.75, 3.05) is 38.3 Å². The molecule has 2 fully saturated rings. The molecule has 2 aliphatic rings. The van der Waals surface area contributed by atoms with Crippen LogP contribution in [0.3, 0.4) is 0 Å². The summed E-state index contributed by atoms with van der Waals surface area (Å²) in [4.78, 5) is 17.8. The largest absolute Gasteiger partial charge is 0.464 e. The zero-order valence-corrected chi connectivity index (χ0v) is 10.8. The lowest BCUT2D eigenvalue weighted by Gasteiger charge is -2.38. The van der Waals surface area contributed by atoms with E-state index in [-0.39, 0.29) is 0 Å². The lowest BCUT2D eigenvalue weighted by atomic mass is 10.1. The Morgan fingerprint density at radius 3 is 3.16 bits per heavy atom. The minimum absolute atomic E-state index is 0.334. The first-order chi connectivity index (χ1) is 9.29. The van der Waals surface area contributed by atoms with Gasteiger partial charge in [0.05, 0.1) is 44.3 Å². The van der Waals surface area contributed by atoms with Gasteiger partial charge in [-0.2, -0.15) is 0 Å². The van der Waals surface area contributed by atoms with Crippen molar-refractivity contribution in [1.29, 1.82) is 0 Å². The summed E-state index contributed by atoms with van der Waals surface area (Å²) in [7, 11) is 1.36. The number of piperazine rings is 1. The molecule has 1 aromatic heterocycles. The molecule has 19 heavy (non-hydrogen) atoms. The molecule has 3 rings (SSSR count). The van der Waals surface area contributed by atoms with Crippen LogP contribution in [0.2, 0.25) is 0 Å². The first-order valence-electron chi connectivity index (χ1n) is 6.42. The maximum absolute atomic E-state index is 11.4. The van der Waals surface area contributed by atoms with Gasteiger partial charge in [-0.3, -0.25) is 0 Å². The third-order valence-electron chi connectivity index (χ3n) is 3.68. The number of fused-ring (bicyclic) bond motifs is 1. The lowest BCUT2D eigenvalue weighted by Crippen LogP contribution is -2.57. The van der Waals surface area contributed by atoms with Gasteiger partial charge in [-0.15, -0.1) is 0 Å². The van der Waals surface area contributed by atoms with Crippen molar-refractivity contribution < 1.29 is 14.3 Å². The van der Waals surface area contributed by atoms with Crippen molar-refractivity contribution in [3.63, 3.8) is 0 Å². The summed E-state index contributed by atoms with van der Waals surface area (Å²) in [6.45, 7) is 3.35. The smallest absolute Gasteiger partial charge is 0.356 e. The molecule has 0 aliphatic carbocycles. The Hall–Kier alpha value is -1.66. The van der Waals surface area contributed by atoms with Gasteiger partial charge in [0.15, 0.2) is 0 Å². The quantitative estimate of drug-likeness (QED) is 0.760. The van der Waals surface area contributed by atoms with Gasteiger partial charge < -0.3 is 19.7 Å². The topological polar surface area (TPSA) is 63.7 Å². The van der Waals surface area contributed by atoms with E-state index in [0.717, 1.165) is 32.0 Å². The molecule has 6 nitrogen and oxygen atoms in total. The fraction of sp³-hybridized carbons (Fsp3) is 0.538. The minimum atomic E-state index is -0.408. The number of nitrogens with one attached hydrogen (secondary N) is 1. The third-order valence-corrected chi connectivity index (χ3v) is 3.68. The molecule has 0 bridgehead atoms. The lowest BCUT2D eigenvalue weighted by molar-refractivity contribution is 0.0594. The summed E-state index contributed by atoms with van der Waals surface area (Å²) in [6.07, 6.45) is 1.73. The fourth-order valence-corrected chi connectivity index (χ4v) is 2.68. The highest BCUT2D eigenvalue weighted by Gasteiger charge is 2.36. The van der Waals surface area contributed by atoms with Crippen molar-refractivity contribution >= 4 is 11.7 Å². The molecule has 2 atom stereocenters. The molecule has 0 amide bonds. The van der Waals surface area contributed by atoms with Crippen LogP contribution >= 0.6 is 0 Å². The molecule has 0 unspecified atom stereocenters. The van der Waals surface area contributed by atoms with Gasteiger partial charge in [-0.1, -0.05) is 0 Å². The number of methoxy groups -OCH3 is 1. The molecule has 2 saturated heterocycles. The fourth-order valence-electron chi connectivity index (χ4n) is 2.68. The van der Waals surface area contributed by atoms with Gasteiger partial charge in [0.2, 0.25) is 0 Å². The molecule has 0 spiro atoms. The van der Waals surface area contributed by atoms with Gasteiger partial charge >= 0.3 is 5.97 Å². The van der Waals surface area contributed by atoms with E-state index < -0.39 is 5.97 Å². The molecule has 0 saturated carbocycles. The third kappa shape index (κ3) is 2.29. The highest BCUT2D eigenvalue weighted by Crippen LogP contribution is 2.23. The summed E-state index contributed by atoms with van der Waals surface area (Å²) in [5.41, 5.74) is 1.36. The number of aromatic nitrogens is 1. The Morgan fingerprint density at radius 2 is 2.42 bits per heavy atom. The number of anilines is 1. The zero-order chi connectivity index (χ0) is 13.2. The predicted octanol–water partition coefficient (Wildman–Crippen LogP) is 0.0452. The van der Waals surface area contributed by atoms with E-state index in [0.29, 0.717) is 17.8 Å². The number of hydrogen-bond acceptors (Lipinski definition) is 6. The van der Waals surface area contributed by atoms with Crippen LogP contribution in [-0.4, -0.2) is 56.5 Å². The number of ether oxygens (including phenoxy) is 2. The number of pyridine rings is 1. The van der Waals surface area contributed by atoms with Crippen LogP contribution < -0.4 is 10.2 Å². The SMILES string of the molecule is COC(=O)c1ccc(N2CCN[C@@H]3COC[C@@H]32)cn1. The Balaban J connectivity index is 1.79. The Labute approximate surface area is 111 Å². The molecule has 6 heteroatoms. The van der Waals surface area contributed by atoms with Gasteiger partial charge in [0.1, 0.15) is 5.69 Å². The van der Waals surface area contributed by atoms with Crippen LogP contribution in [0.25, 0.3) is 0 Å². The predicted molar refractivity (Wildman–Crippen MR) is 69.3 cm³/mol. The number of esters is 1. The summed E-state index contributed by atoms with van der Waals surface area (Å²) < 4.78 is 10.2. The summed E-state index contributed by atoms with van der Waals surface area (Å²) in [5, 5.41) is 3.46. The second-order valence-electron chi connectivity index (χ2n) is 4.75. The van der Waals surface area contributed by atoms with Gasteiger partial charge in [-0.25, -0.2) is 9.78 Å². The summed E-state index contributed by atoms with van der Waals surface area (Å²) >= 11 is 0. The molecular weight excluding hydrogens is 246 g/mol. The van der Waals surface area contributed by atoms with E-state index in [9.17, 15) is 4.79 Å². The summed E-state index contributed by atoms with van der Waals surface area (Å²) in [5.74, 6) is -0.408. The number of carbonyl (C=O) groups excluding carboxylic acids is 1. The number of carbonyl (C=O) groups is 1. The average molecular weight is 263 g/mol. The average Bonchev–Trinajstić information content (AvgIpc) is 2.95. The maximum Gasteiger partial charge on any atom is 0.356 e. The van der Waals surface area contributed by atoms with E-state index in [1.165, 1.54) is 7.11 Å². The second-order valence-corrected chi connectivity index (χ2v) is 4.75. The van der Waals surface area contributed by atoms with Gasteiger partial charge in [-0.05, 0) is 12.1 Å². The van der Waals surface area contributed by atoms with E-state index in [4.69, 9.17) is 4.74 Å². The van der Waals surface area contributed by atoms with Crippen LogP contribution in [-0.2, 0) is 9.47 Å². The monoisotopic (exact) mass is 263 g/mol. The van der Waals surface area contributed by atoms with E-state index in [1.54, 1.807) is 12.3 Å². The number of nitrogens with zero attached hydrogens (tertiary/aromatic N) is 2. The minimum Gasteiger partial charge on any atom is -0.464 e. The molecule has 0 radical (unpaired) electrons. The van der Waals surface area contributed by atoms with Gasteiger partial charge in [0.25, 0.3) is 0 Å². The molecule has 1 aromatic rings. The Kier molecular flexibility index (Phi) is 3.35. The molecule has 0 aromatic carbocycles. The van der Waals surface area contributed by atoms with Crippen molar-refractivity contribution in [3.8, 4) is 0 Å². The van der Waals surface area contributed by atoms with Crippen molar-refractivity contribution in [1.82, 2.24) is 10.3 Å². The molecule has 1 N–H and O–H groups in total.